The summed E-state index contributed by atoms with van der Waals surface area (Å²) < 4.78 is 0. The predicted molar refractivity (Wildman–Crippen MR) is 110 cm³/mol. The molecule has 0 spiro atoms. The van der Waals surface area contributed by atoms with E-state index in [0.717, 1.165) is 24.7 Å². The van der Waals surface area contributed by atoms with E-state index in [-0.39, 0.29) is 24.0 Å². The minimum atomic E-state index is 0. The topological polar surface area (TPSA) is 40.5 Å². The van der Waals surface area contributed by atoms with Gasteiger partial charge in [0.25, 0.3) is 0 Å². The highest BCUT2D eigenvalue weighted by molar-refractivity contribution is 14.0. The number of hydrogen-bond donors (Lipinski definition) is 1. The Hall–Kier alpha value is -1.63. The lowest BCUT2D eigenvalue weighted by molar-refractivity contribution is 0.485. The number of hydrogen-bond acceptors (Lipinski definition) is 2. The number of rotatable bonds is 3. The van der Waals surface area contributed by atoms with E-state index in [0.29, 0.717) is 12.5 Å². The van der Waals surface area contributed by atoms with Crippen molar-refractivity contribution >= 4 is 29.9 Å². The van der Waals surface area contributed by atoms with Crippen LogP contribution in [0.5, 0.6) is 0 Å². The number of nitrogens with one attached hydrogen (secondary N) is 1. The Morgan fingerprint density at radius 1 is 1.25 bits per heavy atom. The second kappa shape index (κ2) is 9.01. The first-order valence-electron chi connectivity index (χ1n) is 8.19. The van der Waals surface area contributed by atoms with Crippen LogP contribution in [0.2, 0.25) is 0 Å². The first-order valence-corrected chi connectivity index (χ1v) is 8.19. The molecule has 0 bridgehead atoms. The maximum Gasteiger partial charge on any atom is 0.193 e. The summed E-state index contributed by atoms with van der Waals surface area (Å²) in [7, 11) is 1.85. The average molecular weight is 436 g/mol. The van der Waals surface area contributed by atoms with Crippen LogP contribution in [0.1, 0.15) is 29.2 Å². The fraction of sp³-hybridized carbons (Fsp3) is 0.368. The first kappa shape index (κ1) is 18.7. The number of benzene rings is 1. The van der Waals surface area contributed by atoms with Crippen molar-refractivity contribution in [2.75, 3.05) is 20.1 Å². The van der Waals surface area contributed by atoms with Crippen LogP contribution < -0.4 is 5.32 Å². The van der Waals surface area contributed by atoms with Crippen LogP contribution >= 0.6 is 24.0 Å². The van der Waals surface area contributed by atoms with Crippen molar-refractivity contribution < 1.29 is 0 Å². The lowest BCUT2D eigenvalue weighted by Crippen LogP contribution is -2.39. The minimum Gasteiger partial charge on any atom is -0.351 e. The largest absolute Gasteiger partial charge is 0.351 e. The quantitative estimate of drug-likeness (QED) is 0.455. The lowest BCUT2D eigenvalue weighted by Gasteiger charge is -2.22. The molecule has 1 saturated heterocycles. The molecule has 1 unspecified atom stereocenters. The molecule has 24 heavy (non-hydrogen) atoms. The molecule has 1 aliphatic rings. The van der Waals surface area contributed by atoms with Crippen LogP contribution in [0.15, 0.2) is 53.7 Å². The van der Waals surface area contributed by atoms with E-state index in [1.165, 1.54) is 17.5 Å². The van der Waals surface area contributed by atoms with Gasteiger partial charge < -0.3 is 10.2 Å². The summed E-state index contributed by atoms with van der Waals surface area (Å²) in [5, 5.41) is 3.43. The van der Waals surface area contributed by atoms with E-state index >= 15 is 0 Å². The van der Waals surface area contributed by atoms with Crippen molar-refractivity contribution in [1.29, 1.82) is 0 Å². The molecule has 2 aromatic rings. The Morgan fingerprint density at radius 3 is 2.75 bits per heavy atom. The van der Waals surface area contributed by atoms with Gasteiger partial charge in [0.2, 0.25) is 0 Å². The van der Waals surface area contributed by atoms with E-state index < -0.39 is 0 Å². The molecule has 5 heteroatoms. The Kier molecular flexibility index (Phi) is 7.02. The molecular weight excluding hydrogens is 411 g/mol. The number of aryl methyl sites for hydroxylation is 1. The summed E-state index contributed by atoms with van der Waals surface area (Å²) in [6, 6.07) is 14.7. The molecule has 1 atom stereocenters. The second-order valence-corrected chi connectivity index (χ2v) is 6.01. The molecule has 1 aromatic carbocycles. The molecule has 1 aliphatic heterocycles. The molecular formula is C19H25IN4. The van der Waals surface area contributed by atoms with Gasteiger partial charge in [-0.1, -0.05) is 30.3 Å². The molecule has 3 rings (SSSR count). The number of likely N-dealkylation sites (tertiary alicyclic amines) is 1. The number of aliphatic imine (C=N–C) groups is 1. The van der Waals surface area contributed by atoms with Gasteiger partial charge in [0, 0.05) is 32.3 Å². The van der Waals surface area contributed by atoms with Gasteiger partial charge in [0.1, 0.15) is 0 Å². The Labute approximate surface area is 161 Å². The van der Waals surface area contributed by atoms with Crippen molar-refractivity contribution in [2.45, 2.75) is 25.8 Å². The maximum atomic E-state index is 4.44. The highest BCUT2D eigenvalue weighted by Crippen LogP contribution is 2.29. The zero-order chi connectivity index (χ0) is 16.1. The standard InChI is InChI=1S/C19H24N4.HI/c1-15-7-3-4-9-18(15)16-10-12-23(14-16)19(20-2)22-13-17-8-5-6-11-21-17;/h3-9,11,16H,10,12-14H2,1-2H3,(H,20,22);1H. The van der Waals surface area contributed by atoms with Gasteiger partial charge >= 0.3 is 0 Å². The zero-order valence-corrected chi connectivity index (χ0v) is 16.6. The summed E-state index contributed by atoms with van der Waals surface area (Å²) in [6.07, 6.45) is 3.00. The summed E-state index contributed by atoms with van der Waals surface area (Å²) in [4.78, 5) is 11.1. The van der Waals surface area contributed by atoms with Crippen LogP contribution in [0, 0.1) is 6.92 Å². The lowest BCUT2D eigenvalue weighted by atomic mass is 9.94. The van der Waals surface area contributed by atoms with Gasteiger partial charge in [-0.05, 0) is 36.6 Å². The highest BCUT2D eigenvalue weighted by atomic mass is 127. The van der Waals surface area contributed by atoms with Crippen molar-refractivity contribution in [2.24, 2.45) is 4.99 Å². The van der Waals surface area contributed by atoms with E-state index in [1.807, 2.05) is 31.4 Å². The SMILES string of the molecule is CN=C(NCc1ccccn1)N1CCC(c2ccccc2C)C1.I. The van der Waals surface area contributed by atoms with Gasteiger partial charge in [0.05, 0.1) is 12.2 Å². The van der Waals surface area contributed by atoms with Crippen molar-refractivity contribution in [3.05, 3.63) is 65.5 Å². The van der Waals surface area contributed by atoms with Crippen LogP contribution in [0.4, 0.5) is 0 Å². The number of aromatic nitrogens is 1. The van der Waals surface area contributed by atoms with Gasteiger partial charge in [0.15, 0.2) is 5.96 Å². The molecule has 0 saturated carbocycles. The monoisotopic (exact) mass is 436 g/mol. The van der Waals surface area contributed by atoms with Crippen molar-refractivity contribution in [3.63, 3.8) is 0 Å². The van der Waals surface area contributed by atoms with E-state index in [4.69, 9.17) is 0 Å². The molecule has 1 fully saturated rings. The van der Waals surface area contributed by atoms with Gasteiger partial charge in [-0.3, -0.25) is 9.98 Å². The molecule has 1 N–H and O–H groups in total. The molecule has 0 radical (unpaired) electrons. The normalized spacial score (nSPS) is 17.5. The van der Waals surface area contributed by atoms with Crippen LogP contribution in [0.3, 0.4) is 0 Å². The third-order valence-electron chi connectivity index (χ3n) is 4.48. The van der Waals surface area contributed by atoms with Gasteiger partial charge in [-0.15, -0.1) is 24.0 Å². The highest BCUT2D eigenvalue weighted by Gasteiger charge is 2.26. The molecule has 1 aromatic heterocycles. The first-order chi connectivity index (χ1) is 11.3. The van der Waals surface area contributed by atoms with Gasteiger partial charge in [-0.2, -0.15) is 0 Å². The molecule has 2 heterocycles. The third kappa shape index (κ3) is 4.47. The number of guanidine groups is 1. The fourth-order valence-corrected chi connectivity index (χ4v) is 3.26. The molecule has 128 valence electrons. The van der Waals surface area contributed by atoms with Crippen LogP contribution in [-0.2, 0) is 6.54 Å². The predicted octanol–water partition coefficient (Wildman–Crippen LogP) is 3.57. The van der Waals surface area contributed by atoms with Crippen LogP contribution in [0.25, 0.3) is 0 Å². The molecule has 0 aliphatic carbocycles. The molecule has 4 nitrogen and oxygen atoms in total. The summed E-state index contributed by atoms with van der Waals surface area (Å²) in [5.41, 5.74) is 3.88. The minimum absolute atomic E-state index is 0. The Balaban J connectivity index is 0.00000208. The Morgan fingerprint density at radius 2 is 2.04 bits per heavy atom. The number of halogens is 1. The summed E-state index contributed by atoms with van der Waals surface area (Å²) >= 11 is 0. The number of nitrogens with zero attached hydrogens (tertiary/aromatic N) is 3. The van der Waals surface area contributed by atoms with Crippen molar-refractivity contribution in [3.8, 4) is 0 Å². The van der Waals surface area contributed by atoms with Gasteiger partial charge in [-0.25, -0.2) is 0 Å². The maximum absolute atomic E-state index is 4.44. The van der Waals surface area contributed by atoms with E-state index in [9.17, 15) is 0 Å². The smallest absolute Gasteiger partial charge is 0.193 e. The summed E-state index contributed by atoms with van der Waals surface area (Å²) in [5.74, 6) is 1.55. The van der Waals surface area contributed by atoms with Crippen molar-refractivity contribution in [1.82, 2.24) is 15.2 Å². The third-order valence-corrected chi connectivity index (χ3v) is 4.48. The van der Waals surface area contributed by atoms with E-state index in [1.54, 1.807) is 0 Å². The second-order valence-electron chi connectivity index (χ2n) is 6.01. The van der Waals surface area contributed by atoms with E-state index in [2.05, 4.69) is 51.4 Å². The summed E-state index contributed by atoms with van der Waals surface area (Å²) in [6.45, 7) is 4.97. The zero-order valence-electron chi connectivity index (χ0n) is 14.3. The fourth-order valence-electron chi connectivity index (χ4n) is 3.26. The number of pyridine rings is 1. The Bertz CT molecular complexity index is 672. The molecule has 0 amide bonds. The van der Waals surface area contributed by atoms with Crippen LogP contribution in [-0.4, -0.2) is 36.0 Å². The average Bonchev–Trinajstić information content (AvgIpc) is 3.06.